The molecule has 5 nitrogen and oxygen atoms in total. The number of hydrogen-bond acceptors (Lipinski definition) is 4. The normalized spacial score (nSPS) is 17.8. The van der Waals surface area contributed by atoms with E-state index in [2.05, 4.69) is 0 Å². The van der Waals surface area contributed by atoms with Crippen LogP contribution in [-0.2, 0) is 17.5 Å². The van der Waals surface area contributed by atoms with Crippen LogP contribution in [0.25, 0.3) is 11.1 Å². The predicted molar refractivity (Wildman–Crippen MR) is 128 cm³/mol. The first kappa shape index (κ1) is 24.2. The van der Waals surface area contributed by atoms with Crippen molar-refractivity contribution in [1.82, 2.24) is 4.90 Å². The number of fused-ring (bicyclic) bond motifs is 1. The van der Waals surface area contributed by atoms with Crippen molar-refractivity contribution in [2.45, 2.75) is 32.2 Å². The Morgan fingerprint density at radius 3 is 2.58 bits per heavy atom. The van der Waals surface area contributed by atoms with Gasteiger partial charge in [-0.2, -0.15) is 13.2 Å². The Bertz CT molecular complexity index is 1270. The molecule has 0 aliphatic carbocycles. The molecule has 2 aliphatic heterocycles. The van der Waals surface area contributed by atoms with Crippen LogP contribution >= 0.6 is 0 Å². The topological polar surface area (TPSA) is 48.0 Å². The van der Waals surface area contributed by atoms with Crippen LogP contribution in [0.2, 0.25) is 0 Å². The van der Waals surface area contributed by atoms with Gasteiger partial charge in [0.2, 0.25) is 0 Å². The average Bonchev–Trinajstić information content (AvgIpc) is 3.27. The van der Waals surface area contributed by atoms with Crippen molar-refractivity contribution in [3.63, 3.8) is 0 Å². The molecule has 1 amide bonds. The average molecular weight is 498 g/mol. The molecule has 0 N–H and O–H groups in total. The minimum absolute atomic E-state index is 0.0948. The zero-order chi connectivity index (χ0) is 25.3. The molecule has 0 saturated carbocycles. The van der Waals surface area contributed by atoms with E-state index >= 15 is 0 Å². The monoisotopic (exact) mass is 497 g/mol. The van der Waals surface area contributed by atoms with Crippen LogP contribution in [0, 0.1) is 6.92 Å². The van der Waals surface area contributed by atoms with E-state index in [4.69, 9.17) is 14.2 Å². The van der Waals surface area contributed by atoms with Crippen LogP contribution in [0.4, 0.5) is 13.2 Å². The van der Waals surface area contributed by atoms with Gasteiger partial charge < -0.3 is 19.1 Å². The van der Waals surface area contributed by atoms with Crippen LogP contribution in [-0.4, -0.2) is 43.3 Å². The molecule has 3 aromatic carbocycles. The van der Waals surface area contributed by atoms with E-state index < -0.39 is 17.6 Å². The molecular weight excluding hydrogens is 471 g/mol. The molecule has 2 heterocycles. The second-order valence-electron chi connectivity index (χ2n) is 9.00. The highest BCUT2D eigenvalue weighted by Gasteiger charge is 2.36. The first-order valence-corrected chi connectivity index (χ1v) is 11.9. The van der Waals surface area contributed by atoms with Crippen molar-refractivity contribution in [2.75, 3.05) is 26.4 Å². The van der Waals surface area contributed by atoms with Gasteiger partial charge in [-0.25, -0.2) is 0 Å². The van der Waals surface area contributed by atoms with E-state index in [1.54, 1.807) is 0 Å². The smallest absolute Gasteiger partial charge is 0.417 e. The zero-order valence-electron chi connectivity index (χ0n) is 19.8. The largest absolute Gasteiger partial charge is 0.487 e. The van der Waals surface area contributed by atoms with Crippen LogP contribution in [0.5, 0.6) is 11.5 Å². The third kappa shape index (κ3) is 4.91. The summed E-state index contributed by atoms with van der Waals surface area (Å²) in [5.41, 5.74) is 2.31. The number of aryl methyl sites for hydroxylation is 1. The summed E-state index contributed by atoms with van der Waals surface area (Å²) in [4.78, 5) is 14.7. The summed E-state index contributed by atoms with van der Waals surface area (Å²) in [6, 6.07) is 16.6. The minimum atomic E-state index is -4.63. The zero-order valence-corrected chi connectivity index (χ0v) is 19.8. The Morgan fingerprint density at radius 1 is 1.06 bits per heavy atom. The molecule has 188 valence electrons. The molecule has 0 radical (unpaired) electrons. The third-order valence-corrected chi connectivity index (χ3v) is 6.49. The predicted octanol–water partition coefficient (Wildman–Crippen LogP) is 5.88. The fourth-order valence-corrected chi connectivity index (χ4v) is 4.67. The first-order chi connectivity index (χ1) is 17.3. The van der Waals surface area contributed by atoms with Gasteiger partial charge in [0.1, 0.15) is 12.7 Å². The van der Waals surface area contributed by atoms with Gasteiger partial charge in [0.15, 0.2) is 11.5 Å². The molecule has 1 saturated heterocycles. The summed E-state index contributed by atoms with van der Waals surface area (Å²) < 4.78 is 58.6. The van der Waals surface area contributed by atoms with E-state index in [9.17, 15) is 18.0 Å². The summed E-state index contributed by atoms with van der Waals surface area (Å²) in [6.07, 6.45) is -4.00. The van der Waals surface area contributed by atoms with Gasteiger partial charge in [-0.1, -0.05) is 36.4 Å². The van der Waals surface area contributed by atoms with Gasteiger partial charge >= 0.3 is 6.18 Å². The van der Waals surface area contributed by atoms with Gasteiger partial charge in [-0.15, -0.1) is 0 Å². The van der Waals surface area contributed by atoms with Crippen LogP contribution in [0.15, 0.2) is 60.7 Å². The molecule has 0 spiro atoms. The van der Waals surface area contributed by atoms with Gasteiger partial charge in [0, 0.05) is 18.5 Å². The molecule has 1 atom stereocenters. The Hall–Kier alpha value is -3.52. The lowest BCUT2D eigenvalue weighted by Crippen LogP contribution is -2.33. The summed E-state index contributed by atoms with van der Waals surface area (Å²) in [5, 5.41) is 0. The summed E-state index contributed by atoms with van der Waals surface area (Å²) in [5.74, 6) is 0.372. The second kappa shape index (κ2) is 9.85. The molecule has 2 aliphatic rings. The van der Waals surface area contributed by atoms with Crippen molar-refractivity contribution < 1.29 is 32.2 Å². The number of rotatable bonds is 4. The minimum Gasteiger partial charge on any atom is -0.487 e. The molecule has 0 aromatic heterocycles. The van der Waals surface area contributed by atoms with E-state index in [1.165, 1.54) is 23.1 Å². The Balaban J connectivity index is 1.54. The third-order valence-electron chi connectivity index (χ3n) is 6.49. The molecular formula is C28H26F3NO4. The summed E-state index contributed by atoms with van der Waals surface area (Å²) in [7, 11) is 0. The Morgan fingerprint density at radius 2 is 1.83 bits per heavy atom. The van der Waals surface area contributed by atoms with E-state index in [0.717, 1.165) is 29.2 Å². The Kier molecular flexibility index (Phi) is 6.62. The highest BCUT2D eigenvalue weighted by Crippen LogP contribution is 2.41. The lowest BCUT2D eigenvalue weighted by atomic mass is 9.97. The second-order valence-corrected chi connectivity index (χ2v) is 9.00. The van der Waals surface area contributed by atoms with Crippen molar-refractivity contribution in [1.29, 1.82) is 0 Å². The SMILES string of the molecule is Cc1ccccc1-c1cc2c(c(O[C@H]3CCOC3)c1)OCCN(C(=O)c1ccccc1C(F)(F)F)C2. The van der Waals surface area contributed by atoms with E-state index in [-0.39, 0.29) is 31.4 Å². The maximum absolute atomic E-state index is 13.6. The van der Waals surface area contributed by atoms with E-state index in [1.807, 2.05) is 43.3 Å². The van der Waals surface area contributed by atoms with Gasteiger partial charge in [-0.3, -0.25) is 4.79 Å². The molecule has 0 unspecified atom stereocenters. The van der Waals surface area contributed by atoms with Gasteiger partial charge in [-0.05, 0) is 47.9 Å². The number of nitrogens with zero attached hydrogens (tertiary/aromatic N) is 1. The Labute approximate surface area is 207 Å². The number of ether oxygens (including phenoxy) is 3. The lowest BCUT2D eigenvalue weighted by molar-refractivity contribution is -0.138. The maximum Gasteiger partial charge on any atom is 0.417 e. The number of benzene rings is 3. The number of carbonyl (C=O) groups is 1. The van der Waals surface area contributed by atoms with Gasteiger partial charge in [0.05, 0.1) is 30.9 Å². The van der Waals surface area contributed by atoms with Gasteiger partial charge in [0.25, 0.3) is 5.91 Å². The summed E-state index contributed by atoms with van der Waals surface area (Å²) >= 11 is 0. The highest BCUT2D eigenvalue weighted by atomic mass is 19.4. The van der Waals surface area contributed by atoms with Crippen LogP contribution in [0.3, 0.4) is 0 Å². The number of alkyl halides is 3. The molecule has 8 heteroatoms. The lowest BCUT2D eigenvalue weighted by Gasteiger charge is -2.23. The maximum atomic E-state index is 13.6. The number of amides is 1. The first-order valence-electron chi connectivity index (χ1n) is 11.9. The number of halogens is 3. The number of carbonyl (C=O) groups excluding carboxylic acids is 1. The van der Waals surface area contributed by atoms with Crippen molar-refractivity contribution in [2.24, 2.45) is 0 Å². The molecule has 0 bridgehead atoms. The number of hydrogen-bond donors (Lipinski definition) is 0. The summed E-state index contributed by atoms with van der Waals surface area (Å²) in [6.45, 7) is 3.47. The fraction of sp³-hybridized carbons (Fsp3) is 0.321. The molecule has 36 heavy (non-hydrogen) atoms. The van der Waals surface area contributed by atoms with E-state index in [0.29, 0.717) is 30.3 Å². The van der Waals surface area contributed by atoms with Crippen LogP contribution < -0.4 is 9.47 Å². The standard InChI is InChI=1S/C28H26F3NO4/c1-18-6-2-3-7-22(18)19-14-20-16-32(27(33)23-8-4-5-9-24(23)28(29,30)31)11-13-35-26(20)25(15-19)36-21-10-12-34-17-21/h2-9,14-15,21H,10-13,16-17H2,1H3/t21-/m0/s1. The molecule has 1 fully saturated rings. The highest BCUT2D eigenvalue weighted by molar-refractivity contribution is 5.96. The van der Waals surface area contributed by atoms with Crippen molar-refractivity contribution >= 4 is 5.91 Å². The molecule has 5 rings (SSSR count). The molecule has 3 aromatic rings. The van der Waals surface area contributed by atoms with Crippen molar-refractivity contribution in [3.8, 4) is 22.6 Å². The quantitative estimate of drug-likeness (QED) is 0.452. The van der Waals surface area contributed by atoms with Crippen molar-refractivity contribution in [3.05, 3.63) is 82.9 Å². The fourth-order valence-electron chi connectivity index (χ4n) is 4.67. The van der Waals surface area contributed by atoms with Crippen LogP contribution in [0.1, 0.15) is 33.5 Å².